The molecule has 2 N–H and O–H groups in total. The first-order chi connectivity index (χ1) is 11.9. The second kappa shape index (κ2) is 7.24. The van der Waals surface area contributed by atoms with Gasteiger partial charge in [0.15, 0.2) is 0 Å². The van der Waals surface area contributed by atoms with E-state index in [1.165, 1.54) is 0 Å². The van der Waals surface area contributed by atoms with Crippen molar-refractivity contribution in [3.8, 4) is 0 Å². The Morgan fingerprint density at radius 3 is 1.73 bits per heavy atom. The summed E-state index contributed by atoms with van der Waals surface area (Å²) in [4.78, 5) is 11.8. The molecule has 0 aromatic heterocycles. The topological polar surface area (TPSA) is 41.1 Å². The van der Waals surface area contributed by atoms with Gasteiger partial charge in [0.25, 0.3) is 0 Å². The van der Waals surface area contributed by atoms with Crippen LogP contribution in [0.3, 0.4) is 0 Å². The van der Waals surface area contributed by atoms with Gasteiger partial charge in [-0.2, -0.15) is 26.3 Å². The lowest BCUT2D eigenvalue weighted by Crippen LogP contribution is -2.20. The maximum atomic E-state index is 12.8. The molecule has 0 unspecified atom stereocenters. The summed E-state index contributed by atoms with van der Waals surface area (Å²) in [6.45, 7) is 0. The van der Waals surface area contributed by atoms with E-state index < -0.39 is 39.6 Å². The minimum Gasteiger partial charge on any atom is -0.308 e. The third kappa shape index (κ3) is 4.95. The molecule has 26 heavy (non-hydrogen) atoms. The summed E-state index contributed by atoms with van der Waals surface area (Å²) in [5.74, 6) is 0. The molecule has 2 rings (SSSR count). The number of rotatable bonds is 2. The van der Waals surface area contributed by atoms with E-state index in [1.807, 2.05) is 0 Å². The smallest absolute Gasteiger partial charge is 0.308 e. The van der Waals surface area contributed by atoms with Gasteiger partial charge in [0, 0.05) is 11.4 Å². The summed E-state index contributed by atoms with van der Waals surface area (Å²) in [7, 11) is 0. The van der Waals surface area contributed by atoms with Gasteiger partial charge >= 0.3 is 18.4 Å². The summed E-state index contributed by atoms with van der Waals surface area (Å²) in [5.41, 5.74) is -2.52. The zero-order valence-electron chi connectivity index (χ0n) is 12.4. The van der Waals surface area contributed by atoms with E-state index in [4.69, 9.17) is 23.2 Å². The van der Waals surface area contributed by atoms with Crippen LogP contribution < -0.4 is 10.6 Å². The van der Waals surface area contributed by atoms with E-state index in [-0.39, 0.29) is 11.4 Å². The van der Waals surface area contributed by atoms with E-state index in [0.29, 0.717) is 12.1 Å². The van der Waals surface area contributed by atoms with Crippen molar-refractivity contribution in [3.63, 3.8) is 0 Å². The lowest BCUT2D eigenvalue weighted by atomic mass is 10.2. The van der Waals surface area contributed by atoms with Crippen LogP contribution in [0.5, 0.6) is 0 Å². The lowest BCUT2D eigenvalue weighted by Gasteiger charge is -2.13. The van der Waals surface area contributed by atoms with Crippen LogP contribution in [0, 0.1) is 0 Å². The Kier molecular flexibility index (Phi) is 5.62. The fourth-order valence-corrected chi connectivity index (χ4v) is 2.45. The Hall–Kier alpha value is -2.13. The molecule has 0 atom stereocenters. The molecule has 0 spiro atoms. The number of amides is 2. The Morgan fingerprint density at radius 2 is 1.23 bits per heavy atom. The first kappa shape index (κ1) is 20.2. The van der Waals surface area contributed by atoms with Gasteiger partial charge in [-0.25, -0.2) is 4.79 Å². The van der Waals surface area contributed by atoms with Crippen molar-refractivity contribution in [2.24, 2.45) is 0 Å². The zero-order chi connectivity index (χ0) is 19.7. The maximum absolute atomic E-state index is 12.8. The Labute approximate surface area is 152 Å². The highest BCUT2D eigenvalue weighted by Crippen LogP contribution is 2.37. The van der Waals surface area contributed by atoms with Crippen LogP contribution >= 0.6 is 23.2 Å². The Morgan fingerprint density at radius 1 is 0.731 bits per heavy atom. The number of carbonyl (C=O) groups excluding carboxylic acids is 1. The molecular formula is C15H8Cl2F6N2O. The molecule has 3 nitrogen and oxygen atoms in total. The van der Waals surface area contributed by atoms with Crippen LogP contribution in [0.2, 0.25) is 10.0 Å². The van der Waals surface area contributed by atoms with Crippen molar-refractivity contribution in [3.05, 3.63) is 57.6 Å². The lowest BCUT2D eigenvalue weighted by molar-refractivity contribution is -0.138. The van der Waals surface area contributed by atoms with E-state index in [1.54, 1.807) is 0 Å². The van der Waals surface area contributed by atoms with Crippen LogP contribution in [0.25, 0.3) is 0 Å². The predicted molar refractivity (Wildman–Crippen MR) is 85.5 cm³/mol. The SMILES string of the molecule is O=C(Nc1ccc(C(F)(F)F)c(Cl)c1)Nc1ccc(Cl)c(C(F)(F)F)c1. The highest BCUT2D eigenvalue weighted by atomic mass is 35.5. The first-order valence-electron chi connectivity index (χ1n) is 6.69. The van der Waals surface area contributed by atoms with Crippen molar-refractivity contribution in [2.45, 2.75) is 12.4 Å². The molecule has 0 saturated heterocycles. The second-order valence-corrected chi connectivity index (χ2v) is 5.78. The van der Waals surface area contributed by atoms with Crippen molar-refractivity contribution in [2.75, 3.05) is 10.6 Å². The number of halogens is 8. The number of benzene rings is 2. The van der Waals surface area contributed by atoms with Gasteiger partial charge in [-0.3, -0.25) is 0 Å². The normalized spacial score (nSPS) is 12.0. The molecule has 0 aliphatic rings. The molecule has 0 saturated carbocycles. The Bertz CT molecular complexity index is 836. The van der Waals surface area contributed by atoms with Gasteiger partial charge in [-0.15, -0.1) is 0 Å². The summed E-state index contributed by atoms with van der Waals surface area (Å²) >= 11 is 11.0. The van der Waals surface area contributed by atoms with Crippen LogP contribution in [0.4, 0.5) is 42.5 Å². The van der Waals surface area contributed by atoms with Crippen molar-refractivity contribution < 1.29 is 31.1 Å². The third-order valence-electron chi connectivity index (χ3n) is 3.06. The molecule has 0 heterocycles. The van der Waals surface area contributed by atoms with Gasteiger partial charge in [0.2, 0.25) is 0 Å². The summed E-state index contributed by atoms with van der Waals surface area (Å²) < 4.78 is 76.1. The van der Waals surface area contributed by atoms with E-state index in [0.717, 1.165) is 24.3 Å². The number of nitrogens with one attached hydrogen (secondary N) is 2. The van der Waals surface area contributed by atoms with Gasteiger partial charge in [0.1, 0.15) is 0 Å². The molecule has 2 amide bonds. The fraction of sp³-hybridized carbons (Fsp3) is 0.133. The number of anilines is 2. The fourth-order valence-electron chi connectivity index (χ4n) is 1.94. The molecule has 11 heteroatoms. The van der Waals surface area contributed by atoms with Gasteiger partial charge in [-0.05, 0) is 36.4 Å². The van der Waals surface area contributed by atoms with Crippen LogP contribution in [-0.4, -0.2) is 6.03 Å². The zero-order valence-corrected chi connectivity index (χ0v) is 13.9. The first-order valence-corrected chi connectivity index (χ1v) is 7.45. The molecule has 0 aliphatic heterocycles. The molecule has 2 aromatic rings. The molecule has 0 bridgehead atoms. The van der Waals surface area contributed by atoms with E-state index in [2.05, 4.69) is 10.6 Å². The van der Waals surface area contributed by atoms with Crippen LogP contribution in [-0.2, 0) is 12.4 Å². The number of hydrogen-bond donors (Lipinski definition) is 2. The van der Waals surface area contributed by atoms with E-state index in [9.17, 15) is 31.1 Å². The standard InChI is InChI=1S/C15H8Cl2F6N2O/c16-11-4-2-7(5-10(11)15(21,22)23)24-13(26)25-8-1-3-9(12(17)6-8)14(18,19)20/h1-6H,(H2,24,25,26). The number of hydrogen-bond acceptors (Lipinski definition) is 1. The largest absolute Gasteiger partial charge is 0.417 e. The molecule has 0 fully saturated rings. The molecule has 0 aliphatic carbocycles. The van der Waals surface area contributed by atoms with Crippen LogP contribution in [0.1, 0.15) is 11.1 Å². The summed E-state index contributed by atoms with van der Waals surface area (Å²) in [6, 6.07) is 4.23. The van der Waals surface area contributed by atoms with Crippen molar-refractivity contribution in [1.29, 1.82) is 0 Å². The van der Waals surface area contributed by atoms with Crippen LogP contribution in [0.15, 0.2) is 36.4 Å². The monoisotopic (exact) mass is 416 g/mol. The highest BCUT2D eigenvalue weighted by Gasteiger charge is 2.34. The molecule has 0 radical (unpaired) electrons. The molecule has 2 aromatic carbocycles. The highest BCUT2D eigenvalue weighted by molar-refractivity contribution is 6.32. The minimum atomic E-state index is -4.72. The van der Waals surface area contributed by atoms with E-state index >= 15 is 0 Å². The number of alkyl halides is 6. The average molecular weight is 417 g/mol. The third-order valence-corrected chi connectivity index (χ3v) is 3.70. The predicted octanol–water partition coefficient (Wildman–Crippen LogP) is 6.68. The minimum absolute atomic E-state index is 0.0782. The second-order valence-electron chi connectivity index (χ2n) is 4.96. The van der Waals surface area contributed by atoms with Crippen molar-refractivity contribution in [1.82, 2.24) is 0 Å². The maximum Gasteiger partial charge on any atom is 0.417 e. The number of urea groups is 1. The molecular weight excluding hydrogens is 409 g/mol. The quantitative estimate of drug-likeness (QED) is 0.527. The average Bonchev–Trinajstić information content (AvgIpc) is 2.46. The van der Waals surface area contributed by atoms with Gasteiger partial charge in [-0.1, -0.05) is 23.2 Å². The Balaban J connectivity index is 2.14. The number of carbonyl (C=O) groups is 1. The summed E-state index contributed by atoms with van der Waals surface area (Å²) in [6.07, 6.45) is -9.37. The van der Waals surface area contributed by atoms with Gasteiger partial charge in [0.05, 0.1) is 21.2 Å². The van der Waals surface area contributed by atoms with Gasteiger partial charge < -0.3 is 10.6 Å². The summed E-state index contributed by atoms with van der Waals surface area (Å²) in [5, 5.41) is 3.11. The molecule has 140 valence electrons. The van der Waals surface area contributed by atoms with Crippen molar-refractivity contribution >= 4 is 40.6 Å².